The highest BCUT2D eigenvalue weighted by Gasteiger charge is 2.23. The minimum atomic E-state index is -1.29. The molecule has 0 amide bonds. The average molecular weight is 296 g/mol. The lowest BCUT2D eigenvalue weighted by Crippen LogP contribution is -2.35. The number of phenolic OH excluding ortho intramolecular Hbond substituents is 1. The Balaban J connectivity index is 3.09. The van der Waals surface area contributed by atoms with E-state index in [4.69, 9.17) is 21.7 Å². The quantitative estimate of drug-likeness (QED) is 0.413. The van der Waals surface area contributed by atoms with Crippen LogP contribution in [-0.2, 0) is 16.0 Å². The molecule has 1 aromatic carbocycles. The molecule has 8 heteroatoms. The second kappa shape index (κ2) is 6.82. The Morgan fingerprint density at radius 2 is 1.71 bits per heavy atom. The average Bonchev–Trinajstić information content (AvgIpc) is 2.38. The van der Waals surface area contributed by atoms with Gasteiger partial charge in [0.2, 0.25) is 0 Å². The maximum atomic E-state index is 12.1. The van der Waals surface area contributed by atoms with E-state index in [1.165, 1.54) is 12.1 Å². The number of carboxylic acid groups (broad SMARTS) is 2. The van der Waals surface area contributed by atoms with Gasteiger partial charge in [0.15, 0.2) is 5.78 Å². The molecule has 21 heavy (non-hydrogen) atoms. The lowest BCUT2D eigenvalue weighted by molar-refractivity contribution is -0.139. The van der Waals surface area contributed by atoms with Gasteiger partial charge in [-0.15, -0.1) is 0 Å². The van der Waals surface area contributed by atoms with Gasteiger partial charge in [-0.25, -0.2) is 0 Å². The molecule has 0 spiro atoms. The lowest BCUT2D eigenvalue weighted by Gasteiger charge is -2.14. The third kappa shape index (κ3) is 4.55. The van der Waals surface area contributed by atoms with E-state index in [2.05, 4.69) is 0 Å². The molecule has 1 rings (SSSR count). The summed E-state index contributed by atoms with van der Waals surface area (Å²) in [5, 5.41) is 26.9. The molecule has 0 heterocycles. The van der Waals surface area contributed by atoms with Gasteiger partial charge >= 0.3 is 11.9 Å². The number of benzene rings is 1. The van der Waals surface area contributed by atoms with E-state index in [9.17, 15) is 19.5 Å². The normalized spacial score (nSPS) is 13.4. The van der Waals surface area contributed by atoms with Crippen molar-refractivity contribution in [2.24, 2.45) is 11.5 Å². The topological polar surface area (TPSA) is 164 Å². The lowest BCUT2D eigenvalue weighted by atomic mass is 9.93. The third-order valence-electron chi connectivity index (χ3n) is 2.85. The number of hydrogen-bond acceptors (Lipinski definition) is 6. The van der Waals surface area contributed by atoms with Crippen molar-refractivity contribution in [3.8, 4) is 5.75 Å². The fourth-order valence-corrected chi connectivity index (χ4v) is 1.78. The molecule has 8 nitrogen and oxygen atoms in total. The highest BCUT2D eigenvalue weighted by molar-refractivity contribution is 6.03. The van der Waals surface area contributed by atoms with Crippen molar-refractivity contribution in [2.45, 2.75) is 24.9 Å². The second-order valence-electron chi connectivity index (χ2n) is 4.56. The van der Waals surface area contributed by atoms with Crippen LogP contribution in [-0.4, -0.2) is 45.1 Å². The molecule has 114 valence electrons. The molecule has 0 saturated carbocycles. The molecule has 2 atom stereocenters. The zero-order valence-corrected chi connectivity index (χ0v) is 11.0. The largest absolute Gasteiger partial charge is 0.508 e. The van der Waals surface area contributed by atoms with E-state index in [1.807, 2.05) is 0 Å². The number of aromatic hydroxyl groups is 1. The van der Waals surface area contributed by atoms with Crippen LogP contribution >= 0.6 is 0 Å². The van der Waals surface area contributed by atoms with Gasteiger partial charge in [-0.2, -0.15) is 0 Å². The summed E-state index contributed by atoms with van der Waals surface area (Å²) in [7, 11) is 0. The summed E-state index contributed by atoms with van der Waals surface area (Å²) in [4.78, 5) is 33.5. The Kier molecular flexibility index (Phi) is 5.39. The molecule has 2 unspecified atom stereocenters. The Bertz CT molecular complexity index is 572. The van der Waals surface area contributed by atoms with Crippen LogP contribution in [0.2, 0.25) is 0 Å². The highest BCUT2D eigenvalue weighted by atomic mass is 16.4. The van der Waals surface area contributed by atoms with E-state index in [1.54, 1.807) is 0 Å². The number of carbonyl (C=O) groups is 3. The number of hydrogen-bond donors (Lipinski definition) is 5. The van der Waals surface area contributed by atoms with E-state index in [-0.39, 0.29) is 23.3 Å². The number of carbonyl (C=O) groups excluding carboxylic acids is 1. The van der Waals surface area contributed by atoms with Crippen molar-refractivity contribution in [2.75, 3.05) is 0 Å². The smallest absolute Gasteiger partial charge is 0.320 e. The van der Waals surface area contributed by atoms with Gasteiger partial charge in [0, 0.05) is 5.56 Å². The van der Waals surface area contributed by atoms with E-state index in [0.717, 1.165) is 6.07 Å². The molecule has 0 aliphatic carbocycles. The summed E-state index contributed by atoms with van der Waals surface area (Å²) < 4.78 is 0. The fourth-order valence-electron chi connectivity index (χ4n) is 1.78. The van der Waals surface area contributed by atoms with Crippen molar-refractivity contribution in [3.63, 3.8) is 0 Å². The summed E-state index contributed by atoms with van der Waals surface area (Å²) in [6.45, 7) is 0. The summed E-state index contributed by atoms with van der Waals surface area (Å²) >= 11 is 0. The molecular formula is C13H16N2O6. The van der Waals surface area contributed by atoms with Crippen molar-refractivity contribution in [1.82, 2.24) is 0 Å². The zero-order chi connectivity index (χ0) is 16.2. The van der Waals surface area contributed by atoms with E-state index >= 15 is 0 Å². The van der Waals surface area contributed by atoms with E-state index in [0.29, 0.717) is 0 Å². The van der Waals surface area contributed by atoms with Gasteiger partial charge in [0.25, 0.3) is 0 Å². The molecule has 0 aliphatic heterocycles. The van der Waals surface area contributed by atoms with Gasteiger partial charge in [-0.3, -0.25) is 14.4 Å². The summed E-state index contributed by atoms with van der Waals surface area (Å²) in [5.74, 6) is -3.38. The predicted molar refractivity (Wildman–Crippen MR) is 72.0 cm³/mol. The maximum absolute atomic E-state index is 12.1. The van der Waals surface area contributed by atoms with Crippen LogP contribution in [0.5, 0.6) is 5.75 Å². The van der Waals surface area contributed by atoms with Gasteiger partial charge in [0.05, 0.1) is 12.5 Å². The maximum Gasteiger partial charge on any atom is 0.320 e. The predicted octanol–water partition coefficient (Wildman–Crippen LogP) is -0.669. The van der Waals surface area contributed by atoms with Crippen LogP contribution in [0.25, 0.3) is 0 Å². The number of rotatable bonds is 7. The fraction of sp³-hybridized carbons (Fsp3) is 0.308. The number of carboxylic acids is 2. The molecule has 0 fully saturated rings. The first-order chi connectivity index (χ1) is 9.72. The first kappa shape index (κ1) is 16.6. The van der Waals surface area contributed by atoms with Gasteiger partial charge in [-0.1, -0.05) is 6.07 Å². The SMILES string of the molecule is NC(Cc1ccc(O)cc1C(=O)C(N)CC(=O)O)C(=O)O. The van der Waals surface area contributed by atoms with Gasteiger partial charge < -0.3 is 26.8 Å². The highest BCUT2D eigenvalue weighted by Crippen LogP contribution is 2.20. The van der Waals surface area contributed by atoms with Crippen molar-refractivity contribution < 1.29 is 29.7 Å². The van der Waals surface area contributed by atoms with Gasteiger partial charge in [0.1, 0.15) is 11.8 Å². The minimum absolute atomic E-state index is 0.0274. The summed E-state index contributed by atoms with van der Waals surface area (Å²) in [6.07, 6.45) is -0.713. The van der Waals surface area contributed by atoms with Crippen LogP contribution in [0.15, 0.2) is 18.2 Å². The molecule has 1 aromatic rings. The Morgan fingerprint density at radius 3 is 2.24 bits per heavy atom. The van der Waals surface area contributed by atoms with Crippen molar-refractivity contribution >= 4 is 17.7 Å². The molecule has 0 aromatic heterocycles. The van der Waals surface area contributed by atoms with Crippen LogP contribution < -0.4 is 11.5 Å². The summed E-state index contributed by atoms with van der Waals surface area (Å²) in [5.41, 5.74) is 11.2. The Morgan fingerprint density at radius 1 is 1.10 bits per heavy atom. The Hall–Kier alpha value is -2.45. The number of aliphatic carboxylic acids is 2. The molecule has 0 saturated heterocycles. The van der Waals surface area contributed by atoms with Crippen molar-refractivity contribution in [1.29, 1.82) is 0 Å². The second-order valence-corrected chi connectivity index (χ2v) is 4.56. The number of ketones is 1. The van der Waals surface area contributed by atoms with Crippen molar-refractivity contribution in [3.05, 3.63) is 29.3 Å². The number of nitrogens with two attached hydrogens (primary N) is 2. The molecule has 0 aliphatic rings. The molecule has 0 bridgehead atoms. The molecule has 0 radical (unpaired) electrons. The zero-order valence-electron chi connectivity index (χ0n) is 11.0. The number of phenols is 1. The standard InChI is InChI=1S/C13H16N2O6/c14-9(5-11(17)18)12(19)8-4-7(16)2-1-6(8)3-10(15)13(20)21/h1-2,4,9-10,16H,3,5,14-15H2,(H,17,18)(H,20,21). The number of Topliss-reactive ketones (excluding diaryl/α,β-unsaturated/α-hetero) is 1. The Labute approximate surface area is 120 Å². The van der Waals surface area contributed by atoms with Crippen LogP contribution in [0.1, 0.15) is 22.3 Å². The van der Waals surface area contributed by atoms with Crippen LogP contribution in [0.4, 0.5) is 0 Å². The van der Waals surface area contributed by atoms with E-state index < -0.39 is 36.2 Å². The van der Waals surface area contributed by atoms with Gasteiger partial charge in [-0.05, 0) is 24.1 Å². The molecular weight excluding hydrogens is 280 g/mol. The minimum Gasteiger partial charge on any atom is -0.508 e. The van der Waals surface area contributed by atoms with Crippen LogP contribution in [0, 0.1) is 0 Å². The summed E-state index contributed by atoms with van der Waals surface area (Å²) in [6, 6.07) is 1.25. The third-order valence-corrected chi connectivity index (χ3v) is 2.85. The first-order valence-electron chi connectivity index (χ1n) is 6.04. The van der Waals surface area contributed by atoms with Crippen LogP contribution in [0.3, 0.4) is 0 Å². The first-order valence-corrected chi connectivity index (χ1v) is 6.04. The monoisotopic (exact) mass is 296 g/mol. The molecule has 7 N–H and O–H groups in total.